The van der Waals surface area contributed by atoms with Gasteiger partial charge in [0.2, 0.25) is 0 Å². The fourth-order valence-corrected chi connectivity index (χ4v) is 1.94. The van der Waals surface area contributed by atoms with Gasteiger partial charge in [-0.05, 0) is 18.2 Å². The summed E-state index contributed by atoms with van der Waals surface area (Å²) in [6, 6.07) is 5.08. The zero-order chi connectivity index (χ0) is 14.7. The summed E-state index contributed by atoms with van der Waals surface area (Å²) in [6.45, 7) is 0. The van der Waals surface area contributed by atoms with Crippen LogP contribution < -0.4 is 10.6 Å². The number of benzene rings is 1. The van der Waals surface area contributed by atoms with Crippen LogP contribution in [0.2, 0.25) is 5.02 Å². The van der Waals surface area contributed by atoms with Crippen LogP contribution in [0.15, 0.2) is 30.6 Å². The van der Waals surface area contributed by atoms with Crippen molar-refractivity contribution in [1.29, 1.82) is 0 Å². The first kappa shape index (κ1) is 14.1. The molecular formula is C13H13ClN4O2. The van der Waals surface area contributed by atoms with Gasteiger partial charge in [-0.3, -0.25) is 0 Å². The van der Waals surface area contributed by atoms with E-state index < -0.39 is 5.97 Å². The Morgan fingerprint density at radius 1 is 1.35 bits per heavy atom. The molecule has 0 aliphatic heterocycles. The van der Waals surface area contributed by atoms with Crippen LogP contribution in [-0.4, -0.2) is 30.1 Å². The van der Waals surface area contributed by atoms with Crippen LogP contribution in [-0.2, 0) is 4.74 Å². The number of anilines is 3. The van der Waals surface area contributed by atoms with Gasteiger partial charge in [-0.15, -0.1) is 0 Å². The standard InChI is InChI=1S/C13H13ClN4O2/c1-18(10-4-3-8(14)7-9(10)15)12-11(13(19)20-2)16-5-6-17-12/h3-7H,15H2,1-2H3. The van der Waals surface area contributed by atoms with Crippen LogP contribution in [0.1, 0.15) is 10.5 Å². The Morgan fingerprint density at radius 2 is 2.05 bits per heavy atom. The van der Waals surface area contributed by atoms with E-state index in [1.807, 2.05) is 0 Å². The maximum absolute atomic E-state index is 11.7. The number of nitrogens with zero attached hydrogens (tertiary/aromatic N) is 3. The number of hydrogen-bond acceptors (Lipinski definition) is 6. The molecule has 0 radical (unpaired) electrons. The van der Waals surface area contributed by atoms with Crippen LogP contribution in [0, 0.1) is 0 Å². The summed E-state index contributed by atoms with van der Waals surface area (Å²) in [4.78, 5) is 21.5. The second-order valence-electron chi connectivity index (χ2n) is 3.98. The predicted octanol–water partition coefficient (Wildman–Crippen LogP) is 2.27. The quantitative estimate of drug-likeness (QED) is 0.690. The van der Waals surface area contributed by atoms with Gasteiger partial charge in [-0.2, -0.15) is 0 Å². The van der Waals surface area contributed by atoms with E-state index >= 15 is 0 Å². The normalized spacial score (nSPS) is 10.2. The lowest BCUT2D eigenvalue weighted by molar-refractivity contribution is 0.0594. The van der Waals surface area contributed by atoms with Crippen molar-refractivity contribution in [2.24, 2.45) is 0 Å². The number of esters is 1. The van der Waals surface area contributed by atoms with Crippen LogP contribution in [0.4, 0.5) is 17.2 Å². The Kier molecular flexibility index (Phi) is 4.05. The molecule has 20 heavy (non-hydrogen) atoms. The molecule has 7 heteroatoms. The summed E-state index contributed by atoms with van der Waals surface area (Å²) >= 11 is 5.87. The SMILES string of the molecule is COC(=O)c1nccnc1N(C)c1ccc(Cl)cc1N. The summed E-state index contributed by atoms with van der Waals surface area (Å²) in [5.41, 5.74) is 7.19. The minimum atomic E-state index is -0.563. The maximum atomic E-state index is 11.7. The van der Waals surface area contributed by atoms with E-state index in [0.717, 1.165) is 0 Å². The number of carbonyl (C=O) groups excluding carboxylic acids is 1. The molecule has 0 fully saturated rings. The number of aromatic nitrogens is 2. The summed E-state index contributed by atoms with van der Waals surface area (Å²) in [6.07, 6.45) is 2.92. The first-order valence-electron chi connectivity index (χ1n) is 5.72. The highest BCUT2D eigenvalue weighted by Gasteiger charge is 2.19. The average Bonchev–Trinajstić information content (AvgIpc) is 2.46. The Bertz CT molecular complexity index is 648. The third-order valence-corrected chi connectivity index (χ3v) is 2.96. The van der Waals surface area contributed by atoms with Crippen LogP contribution >= 0.6 is 11.6 Å². The highest BCUT2D eigenvalue weighted by atomic mass is 35.5. The molecular weight excluding hydrogens is 280 g/mol. The van der Waals surface area contributed by atoms with Gasteiger partial charge in [-0.1, -0.05) is 11.6 Å². The molecule has 0 bridgehead atoms. The molecule has 1 aromatic carbocycles. The number of ether oxygens (including phenoxy) is 1. The molecule has 2 rings (SSSR count). The number of hydrogen-bond donors (Lipinski definition) is 1. The van der Waals surface area contributed by atoms with Gasteiger partial charge < -0.3 is 15.4 Å². The van der Waals surface area contributed by atoms with Gasteiger partial charge in [0.1, 0.15) is 0 Å². The Hall–Kier alpha value is -2.34. The van der Waals surface area contributed by atoms with Gasteiger partial charge in [0, 0.05) is 24.5 Å². The van der Waals surface area contributed by atoms with Crippen molar-refractivity contribution in [3.05, 3.63) is 41.3 Å². The van der Waals surface area contributed by atoms with Crippen molar-refractivity contribution in [3.63, 3.8) is 0 Å². The van der Waals surface area contributed by atoms with Crippen molar-refractivity contribution in [2.45, 2.75) is 0 Å². The largest absolute Gasteiger partial charge is 0.464 e. The third-order valence-electron chi connectivity index (χ3n) is 2.73. The summed E-state index contributed by atoms with van der Waals surface area (Å²) in [5, 5.41) is 0.534. The van der Waals surface area contributed by atoms with Gasteiger partial charge in [0.25, 0.3) is 0 Å². The fraction of sp³-hybridized carbons (Fsp3) is 0.154. The lowest BCUT2D eigenvalue weighted by Crippen LogP contribution is -2.18. The molecule has 0 unspecified atom stereocenters. The summed E-state index contributed by atoms with van der Waals surface area (Å²) in [7, 11) is 3.02. The van der Waals surface area contributed by atoms with Crippen LogP contribution in [0.5, 0.6) is 0 Å². The maximum Gasteiger partial charge on any atom is 0.360 e. The molecule has 0 aliphatic rings. The van der Waals surface area contributed by atoms with Gasteiger partial charge >= 0.3 is 5.97 Å². The molecule has 2 N–H and O–H groups in total. The average molecular weight is 293 g/mol. The molecule has 0 amide bonds. The number of nitrogens with two attached hydrogens (primary N) is 1. The monoisotopic (exact) mass is 292 g/mol. The third kappa shape index (κ3) is 2.65. The Balaban J connectivity index is 2.48. The zero-order valence-corrected chi connectivity index (χ0v) is 11.8. The lowest BCUT2D eigenvalue weighted by atomic mass is 10.2. The molecule has 1 heterocycles. The highest BCUT2D eigenvalue weighted by molar-refractivity contribution is 6.31. The molecule has 0 saturated heterocycles. The lowest BCUT2D eigenvalue weighted by Gasteiger charge is -2.21. The van der Waals surface area contributed by atoms with E-state index in [0.29, 0.717) is 22.2 Å². The number of nitrogen functional groups attached to an aromatic ring is 1. The number of halogens is 1. The second-order valence-corrected chi connectivity index (χ2v) is 4.42. The first-order chi connectivity index (χ1) is 9.54. The van der Waals surface area contributed by atoms with E-state index in [-0.39, 0.29) is 5.69 Å². The van der Waals surface area contributed by atoms with E-state index in [4.69, 9.17) is 22.1 Å². The van der Waals surface area contributed by atoms with Crippen molar-refractivity contribution < 1.29 is 9.53 Å². The molecule has 2 aromatic rings. The minimum Gasteiger partial charge on any atom is -0.464 e. The molecule has 0 atom stereocenters. The fourth-order valence-electron chi connectivity index (χ4n) is 1.76. The van der Waals surface area contributed by atoms with E-state index in [2.05, 4.69) is 9.97 Å². The van der Waals surface area contributed by atoms with Crippen molar-refractivity contribution in [3.8, 4) is 0 Å². The summed E-state index contributed by atoms with van der Waals surface area (Å²) < 4.78 is 4.69. The summed E-state index contributed by atoms with van der Waals surface area (Å²) in [5.74, 6) is -0.208. The topological polar surface area (TPSA) is 81.3 Å². The zero-order valence-electron chi connectivity index (χ0n) is 11.0. The first-order valence-corrected chi connectivity index (χ1v) is 6.10. The number of carbonyl (C=O) groups is 1. The Labute approximate surface area is 121 Å². The van der Waals surface area contributed by atoms with Crippen LogP contribution in [0.25, 0.3) is 0 Å². The van der Waals surface area contributed by atoms with Gasteiger partial charge in [0.05, 0.1) is 18.5 Å². The van der Waals surface area contributed by atoms with Gasteiger partial charge in [-0.25, -0.2) is 14.8 Å². The van der Waals surface area contributed by atoms with Crippen molar-refractivity contribution in [1.82, 2.24) is 9.97 Å². The highest BCUT2D eigenvalue weighted by Crippen LogP contribution is 2.31. The van der Waals surface area contributed by atoms with E-state index in [9.17, 15) is 4.79 Å². The van der Waals surface area contributed by atoms with Gasteiger partial charge in [0.15, 0.2) is 11.5 Å². The predicted molar refractivity (Wildman–Crippen MR) is 77.3 cm³/mol. The number of methoxy groups -OCH3 is 1. The number of rotatable bonds is 3. The smallest absolute Gasteiger partial charge is 0.360 e. The molecule has 1 aromatic heterocycles. The second kappa shape index (κ2) is 5.75. The molecule has 6 nitrogen and oxygen atoms in total. The molecule has 104 valence electrons. The van der Waals surface area contributed by atoms with Crippen LogP contribution in [0.3, 0.4) is 0 Å². The van der Waals surface area contributed by atoms with Crippen molar-refractivity contribution in [2.75, 3.05) is 24.8 Å². The molecule has 0 spiro atoms. The molecule has 0 saturated carbocycles. The molecule has 0 aliphatic carbocycles. The van der Waals surface area contributed by atoms with E-state index in [1.54, 1.807) is 30.1 Å². The minimum absolute atomic E-state index is 0.117. The van der Waals surface area contributed by atoms with E-state index in [1.165, 1.54) is 19.5 Å². The Morgan fingerprint density at radius 3 is 2.70 bits per heavy atom. The van der Waals surface area contributed by atoms with Crippen molar-refractivity contribution >= 4 is 34.8 Å².